The zero-order chi connectivity index (χ0) is 12.2. The largest absolute Gasteiger partial charge is 0.395 e. The second-order valence-corrected chi connectivity index (χ2v) is 5.50. The van der Waals surface area contributed by atoms with Gasteiger partial charge in [-0.3, -0.25) is 0 Å². The van der Waals surface area contributed by atoms with Crippen molar-refractivity contribution in [1.82, 2.24) is 0 Å². The van der Waals surface area contributed by atoms with Crippen molar-refractivity contribution in [2.75, 3.05) is 17.7 Å². The quantitative estimate of drug-likeness (QED) is 0.645. The summed E-state index contributed by atoms with van der Waals surface area (Å²) in [7, 11) is -3.40. The summed E-state index contributed by atoms with van der Waals surface area (Å²) in [6.07, 6.45) is -0.695. The Kier molecular flexibility index (Phi) is 4.28. The number of hydrogen-bond acceptors (Lipinski definition) is 5. The first-order valence-corrected chi connectivity index (χ1v) is 6.49. The summed E-state index contributed by atoms with van der Waals surface area (Å²) in [5.74, 6) is -0.282. The minimum absolute atomic E-state index is 0.165. The topological polar surface area (TPSA) is 86.6 Å². The first-order valence-electron chi connectivity index (χ1n) is 4.84. The van der Waals surface area contributed by atoms with Gasteiger partial charge in [0.2, 0.25) is 0 Å². The van der Waals surface area contributed by atoms with Crippen LogP contribution in [-0.2, 0) is 9.84 Å². The lowest BCUT2D eigenvalue weighted by molar-refractivity contribution is 0.224. The fourth-order valence-corrected chi connectivity index (χ4v) is 2.26. The molecule has 1 unspecified atom stereocenters. The molecule has 90 valence electrons. The van der Waals surface area contributed by atoms with E-state index in [1.165, 1.54) is 12.1 Å². The Morgan fingerprint density at radius 3 is 2.31 bits per heavy atom. The molecule has 6 heteroatoms. The highest BCUT2D eigenvalue weighted by Gasteiger charge is 2.13. The van der Waals surface area contributed by atoms with Gasteiger partial charge in [-0.15, -0.1) is 0 Å². The Labute approximate surface area is 94.7 Å². The minimum atomic E-state index is -3.40. The van der Waals surface area contributed by atoms with E-state index in [1.807, 2.05) is 0 Å². The number of benzene rings is 1. The van der Waals surface area contributed by atoms with Crippen LogP contribution in [0.2, 0.25) is 0 Å². The van der Waals surface area contributed by atoms with Gasteiger partial charge in [0, 0.05) is 5.69 Å². The molecule has 0 aliphatic heterocycles. The first kappa shape index (κ1) is 13.0. The molecule has 1 rings (SSSR count). The number of aliphatic hydroxyl groups is 2. The fraction of sp³-hybridized carbons (Fsp3) is 0.400. The van der Waals surface area contributed by atoms with Crippen molar-refractivity contribution in [3.8, 4) is 0 Å². The van der Waals surface area contributed by atoms with Gasteiger partial charge in [0.25, 0.3) is 0 Å². The molecule has 5 nitrogen and oxygen atoms in total. The van der Waals surface area contributed by atoms with E-state index in [-0.39, 0.29) is 10.6 Å². The molecule has 0 aliphatic carbocycles. The number of aliphatic hydroxyl groups excluding tert-OH is 2. The van der Waals surface area contributed by atoms with Gasteiger partial charge in [-0.25, -0.2) is 8.42 Å². The number of rotatable bonds is 5. The average molecular weight is 245 g/mol. The predicted octanol–water partition coefficient (Wildman–Crippen LogP) is 0.203. The molecule has 16 heavy (non-hydrogen) atoms. The second kappa shape index (κ2) is 5.29. The third-order valence-corrected chi connectivity index (χ3v) is 3.66. The molecule has 1 atom stereocenters. The maximum Gasteiger partial charge on any atom is 0.180 e. The highest BCUT2D eigenvalue weighted by molar-refractivity contribution is 7.91. The van der Waals surface area contributed by atoms with E-state index in [4.69, 9.17) is 10.2 Å². The number of nitrogens with one attached hydrogen (secondary N) is 1. The summed E-state index contributed by atoms with van der Waals surface area (Å²) in [5.41, 5.74) is 0.637. The fourth-order valence-electron chi connectivity index (χ4n) is 1.24. The normalized spacial score (nSPS) is 13.4. The van der Waals surface area contributed by atoms with E-state index in [9.17, 15) is 8.42 Å². The van der Waals surface area contributed by atoms with Crippen molar-refractivity contribution in [3.05, 3.63) is 24.3 Å². The highest BCUT2D eigenvalue weighted by atomic mass is 32.2. The molecule has 0 bridgehead atoms. The molecule has 0 aliphatic rings. The molecule has 0 saturated heterocycles. The van der Waals surface area contributed by atoms with Crippen LogP contribution >= 0.6 is 0 Å². The SMILES string of the molecule is CC(O)Nc1ccc(S(=O)(=O)CCO)cc1. The molecule has 3 N–H and O–H groups in total. The molecule has 0 saturated carbocycles. The van der Waals surface area contributed by atoms with Crippen LogP contribution in [0.4, 0.5) is 5.69 Å². The molecular formula is C10H15NO4S. The van der Waals surface area contributed by atoms with Crippen LogP contribution in [0.1, 0.15) is 6.92 Å². The van der Waals surface area contributed by atoms with E-state index < -0.39 is 22.7 Å². The van der Waals surface area contributed by atoms with Crippen LogP contribution in [0.5, 0.6) is 0 Å². The van der Waals surface area contributed by atoms with Crippen LogP contribution in [0.3, 0.4) is 0 Å². The second-order valence-electron chi connectivity index (χ2n) is 3.39. The molecule has 0 radical (unpaired) electrons. The predicted molar refractivity (Wildman–Crippen MR) is 60.9 cm³/mol. The van der Waals surface area contributed by atoms with Gasteiger partial charge in [-0.2, -0.15) is 0 Å². The monoisotopic (exact) mass is 245 g/mol. The van der Waals surface area contributed by atoms with Crippen molar-refractivity contribution in [2.45, 2.75) is 18.0 Å². The summed E-state index contributed by atoms with van der Waals surface area (Å²) in [5, 5.41) is 20.4. The lowest BCUT2D eigenvalue weighted by Crippen LogP contribution is -2.13. The molecular weight excluding hydrogens is 230 g/mol. The van der Waals surface area contributed by atoms with Crippen LogP contribution in [-0.4, -0.2) is 37.2 Å². The lowest BCUT2D eigenvalue weighted by Gasteiger charge is -2.09. The number of anilines is 1. The van der Waals surface area contributed by atoms with E-state index >= 15 is 0 Å². The molecule has 0 fully saturated rings. The van der Waals surface area contributed by atoms with E-state index in [0.29, 0.717) is 5.69 Å². The maximum atomic E-state index is 11.5. The Morgan fingerprint density at radius 1 is 1.31 bits per heavy atom. The Morgan fingerprint density at radius 2 is 1.88 bits per heavy atom. The molecule has 0 heterocycles. The van der Waals surface area contributed by atoms with Crippen molar-refractivity contribution >= 4 is 15.5 Å². The molecule has 1 aromatic carbocycles. The summed E-state index contributed by atoms with van der Waals surface area (Å²) >= 11 is 0. The van der Waals surface area contributed by atoms with Gasteiger partial charge in [-0.1, -0.05) is 0 Å². The van der Waals surface area contributed by atoms with E-state index in [2.05, 4.69) is 5.32 Å². The van der Waals surface area contributed by atoms with Crippen molar-refractivity contribution in [2.24, 2.45) is 0 Å². The van der Waals surface area contributed by atoms with Crippen LogP contribution in [0.25, 0.3) is 0 Å². The zero-order valence-electron chi connectivity index (χ0n) is 8.92. The Hall–Kier alpha value is -1.11. The zero-order valence-corrected chi connectivity index (χ0v) is 9.74. The van der Waals surface area contributed by atoms with Gasteiger partial charge >= 0.3 is 0 Å². The molecule has 0 amide bonds. The molecule has 1 aromatic rings. The lowest BCUT2D eigenvalue weighted by atomic mass is 10.3. The number of hydrogen-bond donors (Lipinski definition) is 3. The summed E-state index contributed by atoms with van der Waals surface area (Å²) in [4.78, 5) is 0.165. The van der Waals surface area contributed by atoms with Gasteiger partial charge < -0.3 is 15.5 Å². The Bertz CT molecular complexity index is 425. The smallest absolute Gasteiger partial charge is 0.180 e. The van der Waals surface area contributed by atoms with E-state index in [1.54, 1.807) is 19.1 Å². The van der Waals surface area contributed by atoms with Gasteiger partial charge in [0.05, 0.1) is 17.3 Å². The van der Waals surface area contributed by atoms with Crippen LogP contribution in [0.15, 0.2) is 29.2 Å². The average Bonchev–Trinajstić information content (AvgIpc) is 2.17. The third kappa shape index (κ3) is 3.48. The highest BCUT2D eigenvalue weighted by Crippen LogP contribution is 2.15. The van der Waals surface area contributed by atoms with Gasteiger partial charge in [-0.05, 0) is 31.2 Å². The Balaban J connectivity index is 2.87. The standard InChI is InChI=1S/C10H15NO4S/c1-8(13)11-9-2-4-10(5-3-9)16(14,15)7-6-12/h2-5,8,11-13H,6-7H2,1H3. The van der Waals surface area contributed by atoms with Crippen molar-refractivity contribution < 1.29 is 18.6 Å². The minimum Gasteiger partial charge on any atom is -0.395 e. The molecule has 0 aromatic heterocycles. The maximum absolute atomic E-state index is 11.5. The van der Waals surface area contributed by atoms with Gasteiger partial charge in [0.1, 0.15) is 6.23 Å². The summed E-state index contributed by atoms with van der Waals surface area (Å²) in [6.45, 7) is 1.17. The molecule has 0 spiro atoms. The van der Waals surface area contributed by atoms with E-state index in [0.717, 1.165) is 0 Å². The summed E-state index contributed by atoms with van der Waals surface area (Å²) in [6, 6.07) is 6.01. The van der Waals surface area contributed by atoms with Crippen molar-refractivity contribution in [1.29, 1.82) is 0 Å². The summed E-state index contributed by atoms with van der Waals surface area (Å²) < 4.78 is 23.1. The first-order chi connectivity index (χ1) is 7.45. The van der Waals surface area contributed by atoms with Gasteiger partial charge in [0.15, 0.2) is 9.84 Å². The van der Waals surface area contributed by atoms with Crippen LogP contribution < -0.4 is 5.32 Å². The number of sulfone groups is 1. The third-order valence-electron chi connectivity index (χ3n) is 1.95. The van der Waals surface area contributed by atoms with Crippen LogP contribution in [0, 0.1) is 0 Å². The van der Waals surface area contributed by atoms with Crippen molar-refractivity contribution in [3.63, 3.8) is 0 Å².